The minimum absolute atomic E-state index is 0.0108. The van der Waals surface area contributed by atoms with E-state index in [0.717, 1.165) is 11.4 Å². The van der Waals surface area contributed by atoms with Crippen LogP contribution >= 0.6 is 0 Å². The molecular formula is C18H22N6O2. The van der Waals surface area contributed by atoms with Crippen molar-refractivity contribution in [1.29, 1.82) is 0 Å². The molecule has 136 valence electrons. The number of nitrogens with zero attached hydrogens (tertiary/aromatic N) is 5. The molecule has 0 aliphatic heterocycles. The fourth-order valence-electron chi connectivity index (χ4n) is 3.18. The molecule has 8 nitrogen and oxygen atoms in total. The lowest BCUT2D eigenvalue weighted by Crippen LogP contribution is -2.26. The first-order valence-electron chi connectivity index (χ1n) is 8.48. The van der Waals surface area contributed by atoms with Crippen molar-refractivity contribution < 1.29 is 9.59 Å². The Hall–Kier alpha value is -3.03. The first-order chi connectivity index (χ1) is 12.4. The van der Waals surface area contributed by atoms with Crippen molar-refractivity contribution in [3.05, 3.63) is 47.3 Å². The molecule has 26 heavy (non-hydrogen) atoms. The summed E-state index contributed by atoms with van der Waals surface area (Å²) < 4.78 is 3.56. The van der Waals surface area contributed by atoms with E-state index < -0.39 is 0 Å². The van der Waals surface area contributed by atoms with E-state index in [4.69, 9.17) is 0 Å². The number of ketones is 1. The number of hydrogen-bond donors (Lipinski definition) is 1. The lowest BCUT2D eigenvalue weighted by Gasteiger charge is -2.14. The van der Waals surface area contributed by atoms with Gasteiger partial charge < -0.3 is 5.32 Å². The van der Waals surface area contributed by atoms with Gasteiger partial charge in [0.1, 0.15) is 0 Å². The van der Waals surface area contributed by atoms with Crippen molar-refractivity contribution in [3.63, 3.8) is 0 Å². The second-order valence-electron chi connectivity index (χ2n) is 6.44. The maximum Gasteiger partial charge on any atom is 0.233 e. The van der Waals surface area contributed by atoms with Gasteiger partial charge in [-0.05, 0) is 33.8 Å². The molecule has 3 aromatic rings. The largest absolute Gasteiger partial charge is 0.350 e. The molecular weight excluding hydrogens is 332 g/mol. The summed E-state index contributed by atoms with van der Waals surface area (Å²) >= 11 is 0. The number of aryl methyl sites for hydroxylation is 1. The molecule has 8 heteroatoms. The molecule has 0 radical (unpaired) electrons. The number of carbonyl (C=O) groups excluding carboxylic acids is 2. The Morgan fingerprint density at radius 1 is 1.31 bits per heavy atom. The molecule has 0 aromatic carbocycles. The summed E-state index contributed by atoms with van der Waals surface area (Å²) in [5.41, 5.74) is 2.87. The lowest BCUT2D eigenvalue weighted by molar-refractivity contribution is -0.122. The van der Waals surface area contributed by atoms with Crippen LogP contribution in [0.4, 0.5) is 0 Å². The molecule has 0 unspecified atom stereocenters. The van der Waals surface area contributed by atoms with Gasteiger partial charge in [0.25, 0.3) is 0 Å². The van der Waals surface area contributed by atoms with Crippen LogP contribution in [0.1, 0.15) is 53.7 Å². The highest BCUT2D eigenvalue weighted by molar-refractivity contribution is 5.96. The Morgan fingerprint density at radius 2 is 2.08 bits per heavy atom. The van der Waals surface area contributed by atoms with Crippen LogP contribution in [0.2, 0.25) is 0 Å². The van der Waals surface area contributed by atoms with Gasteiger partial charge in [-0.25, -0.2) is 9.97 Å². The quantitative estimate of drug-likeness (QED) is 0.684. The maximum absolute atomic E-state index is 12.3. The van der Waals surface area contributed by atoms with Gasteiger partial charge in [-0.15, -0.1) is 0 Å². The Kier molecular flexibility index (Phi) is 4.83. The summed E-state index contributed by atoms with van der Waals surface area (Å²) in [4.78, 5) is 32.5. The van der Waals surface area contributed by atoms with Crippen LogP contribution in [0.25, 0.3) is 5.78 Å². The van der Waals surface area contributed by atoms with E-state index in [1.54, 1.807) is 10.9 Å². The van der Waals surface area contributed by atoms with E-state index >= 15 is 0 Å². The number of amides is 1. The van der Waals surface area contributed by atoms with E-state index in [0.29, 0.717) is 23.6 Å². The zero-order valence-electron chi connectivity index (χ0n) is 15.4. The highest BCUT2D eigenvalue weighted by atomic mass is 16.1. The summed E-state index contributed by atoms with van der Waals surface area (Å²) in [6, 6.07) is 1.67. The maximum atomic E-state index is 12.3. The van der Waals surface area contributed by atoms with Gasteiger partial charge in [-0.2, -0.15) is 5.10 Å². The molecule has 0 bridgehead atoms. The van der Waals surface area contributed by atoms with Crippen LogP contribution in [0.3, 0.4) is 0 Å². The summed E-state index contributed by atoms with van der Waals surface area (Å²) in [6.45, 7) is 7.45. The highest BCUT2D eigenvalue weighted by Crippen LogP contribution is 2.20. The topological polar surface area (TPSA) is 94.2 Å². The van der Waals surface area contributed by atoms with Crippen molar-refractivity contribution in [2.24, 2.45) is 0 Å². The van der Waals surface area contributed by atoms with Crippen molar-refractivity contribution >= 4 is 17.5 Å². The molecule has 1 N–H and O–H groups in total. The Bertz CT molecular complexity index is 938. The monoisotopic (exact) mass is 354 g/mol. The Morgan fingerprint density at radius 3 is 2.73 bits per heavy atom. The van der Waals surface area contributed by atoms with Crippen LogP contribution in [0.5, 0.6) is 0 Å². The smallest absolute Gasteiger partial charge is 0.233 e. The van der Waals surface area contributed by atoms with Gasteiger partial charge >= 0.3 is 0 Å². The van der Waals surface area contributed by atoms with Gasteiger partial charge in [-0.1, -0.05) is 0 Å². The predicted molar refractivity (Wildman–Crippen MR) is 95.9 cm³/mol. The SMILES string of the molecule is CC(=O)c1c(C)nn([C@H](C)CC(=O)NCc2cn3cccnc3n2)c1C. The number of aromatic nitrogens is 5. The predicted octanol–water partition coefficient (Wildman–Crippen LogP) is 2.01. The molecule has 0 spiro atoms. The summed E-state index contributed by atoms with van der Waals surface area (Å²) in [5.74, 6) is 0.493. The molecule has 0 saturated carbocycles. The number of imidazole rings is 1. The fraction of sp³-hybridized carbons (Fsp3) is 0.389. The number of Topliss-reactive ketones (excluding diaryl/α,β-unsaturated/α-hetero) is 1. The summed E-state index contributed by atoms with van der Waals surface area (Å²) in [7, 11) is 0. The van der Waals surface area contributed by atoms with Gasteiger partial charge in [0.05, 0.1) is 29.5 Å². The van der Waals surface area contributed by atoms with E-state index in [1.807, 2.05) is 43.6 Å². The first-order valence-corrected chi connectivity index (χ1v) is 8.48. The molecule has 3 rings (SSSR count). The third-order valence-electron chi connectivity index (χ3n) is 4.33. The van der Waals surface area contributed by atoms with Crippen LogP contribution in [-0.2, 0) is 11.3 Å². The average molecular weight is 354 g/mol. The minimum atomic E-state index is -0.149. The fourth-order valence-corrected chi connectivity index (χ4v) is 3.18. The zero-order valence-corrected chi connectivity index (χ0v) is 15.4. The Balaban J connectivity index is 1.62. The standard InChI is InChI=1S/C18H22N6O2/c1-11(24-13(3)17(14(4)25)12(2)22-24)8-16(26)20-9-15-10-23-7-5-6-19-18(23)21-15/h5-7,10-11H,8-9H2,1-4H3,(H,20,26)/t11-/m1/s1. The number of fused-ring (bicyclic) bond motifs is 1. The van der Waals surface area contributed by atoms with Gasteiger partial charge in [0.2, 0.25) is 11.7 Å². The number of hydrogen-bond acceptors (Lipinski definition) is 5. The van der Waals surface area contributed by atoms with Crippen LogP contribution in [0.15, 0.2) is 24.7 Å². The molecule has 1 atom stereocenters. The first kappa shape index (κ1) is 17.8. The molecule has 3 aromatic heterocycles. The third kappa shape index (κ3) is 3.49. The highest BCUT2D eigenvalue weighted by Gasteiger charge is 2.20. The van der Waals surface area contributed by atoms with E-state index in [9.17, 15) is 9.59 Å². The average Bonchev–Trinajstić information content (AvgIpc) is 3.13. The number of nitrogens with one attached hydrogen (secondary N) is 1. The minimum Gasteiger partial charge on any atom is -0.350 e. The lowest BCUT2D eigenvalue weighted by atomic mass is 10.1. The summed E-state index contributed by atoms with van der Waals surface area (Å²) in [6.07, 6.45) is 5.64. The number of carbonyl (C=O) groups is 2. The van der Waals surface area contributed by atoms with Crippen LogP contribution in [0, 0.1) is 13.8 Å². The van der Waals surface area contributed by atoms with Crippen molar-refractivity contribution in [2.45, 2.75) is 46.7 Å². The van der Waals surface area contributed by atoms with Gasteiger partial charge in [-0.3, -0.25) is 18.7 Å². The van der Waals surface area contributed by atoms with Crippen LogP contribution in [-0.4, -0.2) is 35.8 Å². The van der Waals surface area contributed by atoms with Crippen molar-refractivity contribution in [2.75, 3.05) is 0 Å². The van der Waals surface area contributed by atoms with Gasteiger partial charge in [0, 0.05) is 30.7 Å². The summed E-state index contributed by atoms with van der Waals surface area (Å²) in [5, 5.41) is 7.30. The van der Waals surface area contributed by atoms with E-state index in [-0.39, 0.29) is 24.2 Å². The van der Waals surface area contributed by atoms with Crippen molar-refractivity contribution in [3.8, 4) is 0 Å². The van der Waals surface area contributed by atoms with E-state index in [1.165, 1.54) is 6.92 Å². The van der Waals surface area contributed by atoms with Gasteiger partial charge in [0.15, 0.2) is 5.78 Å². The molecule has 0 aliphatic rings. The molecule has 0 aliphatic carbocycles. The molecule has 1 amide bonds. The third-order valence-corrected chi connectivity index (χ3v) is 4.33. The van der Waals surface area contributed by atoms with E-state index in [2.05, 4.69) is 20.4 Å². The second kappa shape index (κ2) is 7.07. The Labute approximate surface area is 151 Å². The van der Waals surface area contributed by atoms with Crippen LogP contribution < -0.4 is 5.32 Å². The number of rotatable bonds is 6. The normalized spacial score (nSPS) is 12.3. The van der Waals surface area contributed by atoms with Crippen molar-refractivity contribution in [1.82, 2.24) is 29.5 Å². The zero-order chi connectivity index (χ0) is 18.8. The molecule has 3 heterocycles. The molecule has 0 saturated heterocycles. The molecule has 0 fully saturated rings. The second-order valence-corrected chi connectivity index (χ2v) is 6.44.